The normalized spacial score (nSPS) is 34.0. The van der Waals surface area contributed by atoms with Crippen LogP contribution in [0.2, 0.25) is 0 Å². The molecule has 1 amide bonds. The van der Waals surface area contributed by atoms with E-state index in [4.69, 9.17) is 4.74 Å². The number of carbonyl (C=O) groups excluding carboxylic acids is 1. The Hall–Kier alpha value is -0.770. The van der Waals surface area contributed by atoms with Gasteiger partial charge in [-0.2, -0.15) is 0 Å². The van der Waals surface area contributed by atoms with Crippen molar-refractivity contribution in [3.05, 3.63) is 0 Å². The number of amides is 1. The molecule has 2 rings (SSSR count). The summed E-state index contributed by atoms with van der Waals surface area (Å²) in [4.78, 5) is 13.8. The first-order chi connectivity index (χ1) is 7.38. The van der Waals surface area contributed by atoms with Gasteiger partial charge in [-0.05, 0) is 46.5 Å². The summed E-state index contributed by atoms with van der Waals surface area (Å²) in [7, 11) is 0. The van der Waals surface area contributed by atoms with Crippen LogP contribution in [0.3, 0.4) is 0 Å². The van der Waals surface area contributed by atoms with Gasteiger partial charge in [-0.15, -0.1) is 0 Å². The third kappa shape index (κ3) is 2.17. The zero-order valence-electron chi connectivity index (χ0n) is 10.3. The van der Waals surface area contributed by atoms with Gasteiger partial charge in [0, 0.05) is 6.04 Å². The fourth-order valence-corrected chi connectivity index (χ4v) is 2.73. The van der Waals surface area contributed by atoms with E-state index >= 15 is 0 Å². The Bertz CT molecular complexity index is 284. The standard InChI is InChI=1S/C12H21NO3/c1-12(2,3)16-11(15)13-8-4-6-9(13)10(14)7-5-8/h8-10,14H,4-7H2,1-3H3/t8-,9+,10+/m0/s1. The summed E-state index contributed by atoms with van der Waals surface area (Å²) < 4.78 is 5.38. The van der Waals surface area contributed by atoms with Gasteiger partial charge < -0.3 is 9.84 Å². The number of ether oxygens (including phenoxy) is 1. The van der Waals surface area contributed by atoms with Crippen molar-refractivity contribution in [3.63, 3.8) is 0 Å². The van der Waals surface area contributed by atoms with Crippen molar-refractivity contribution in [1.29, 1.82) is 0 Å². The van der Waals surface area contributed by atoms with E-state index in [0.29, 0.717) is 0 Å². The number of aliphatic hydroxyl groups excluding tert-OH is 1. The Morgan fingerprint density at radius 2 is 1.88 bits per heavy atom. The van der Waals surface area contributed by atoms with E-state index in [1.54, 1.807) is 4.90 Å². The van der Waals surface area contributed by atoms with Crippen molar-refractivity contribution in [2.45, 2.75) is 70.2 Å². The van der Waals surface area contributed by atoms with Crippen molar-refractivity contribution in [3.8, 4) is 0 Å². The minimum absolute atomic E-state index is 0.0198. The smallest absolute Gasteiger partial charge is 0.410 e. The summed E-state index contributed by atoms with van der Waals surface area (Å²) >= 11 is 0. The van der Waals surface area contributed by atoms with E-state index in [-0.39, 0.29) is 24.3 Å². The second-order valence-electron chi connectivity index (χ2n) is 5.83. The maximum absolute atomic E-state index is 12.0. The SMILES string of the molecule is CC(C)(C)OC(=O)N1[C@@H]2CC[C@@H](O)[C@H]1CC2. The molecule has 16 heavy (non-hydrogen) atoms. The van der Waals surface area contributed by atoms with Crippen LogP contribution in [0.15, 0.2) is 0 Å². The van der Waals surface area contributed by atoms with Crippen LogP contribution >= 0.6 is 0 Å². The Kier molecular flexibility index (Phi) is 2.86. The zero-order chi connectivity index (χ0) is 11.9. The highest BCUT2D eigenvalue weighted by Gasteiger charge is 2.45. The second-order valence-corrected chi connectivity index (χ2v) is 5.83. The Morgan fingerprint density at radius 3 is 2.50 bits per heavy atom. The van der Waals surface area contributed by atoms with Crippen LogP contribution in [-0.4, -0.2) is 39.9 Å². The predicted molar refractivity (Wildman–Crippen MR) is 60.1 cm³/mol. The third-order valence-corrected chi connectivity index (χ3v) is 3.39. The molecule has 2 aliphatic heterocycles. The molecule has 2 saturated heterocycles. The molecular weight excluding hydrogens is 206 g/mol. The average Bonchev–Trinajstić information content (AvgIpc) is 2.46. The highest BCUT2D eigenvalue weighted by Crippen LogP contribution is 2.36. The number of fused-ring (bicyclic) bond motifs is 2. The second kappa shape index (κ2) is 3.91. The molecule has 0 aromatic heterocycles. The van der Waals surface area contributed by atoms with Crippen LogP contribution in [0.4, 0.5) is 4.79 Å². The van der Waals surface area contributed by atoms with Crippen molar-refractivity contribution >= 4 is 6.09 Å². The maximum atomic E-state index is 12.0. The number of aliphatic hydroxyl groups is 1. The van der Waals surface area contributed by atoms with E-state index in [0.717, 1.165) is 25.7 Å². The molecule has 4 nitrogen and oxygen atoms in total. The molecule has 0 radical (unpaired) electrons. The van der Waals surface area contributed by atoms with Crippen LogP contribution < -0.4 is 0 Å². The fourth-order valence-electron chi connectivity index (χ4n) is 2.73. The molecule has 0 saturated carbocycles. The summed E-state index contributed by atoms with van der Waals surface area (Å²) in [6.45, 7) is 5.60. The molecule has 1 N–H and O–H groups in total. The van der Waals surface area contributed by atoms with Crippen molar-refractivity contribution in [2.24, 2.45) is 0 Å². The highest BCUT2D eigenvalue weighted by atomic mass is 16.6. The van der Waals surface area contributed by atoms with Gasteiger partial charge in [-0.1, -0.05) is 0 Å². The first-order valence-electron chi connectivity index (χ1n) is 6.08. The average molecular weight is 227 g/mol. The van der Waals surface area contributed by atoms with E-state index in [9.17, 15) is 9.90 Å². The van der Waals surface area contributed by atoms with Crippen LogP contribution in [0.5, 0.6) is 0 Å². The van der Waals surface area contributed by atoms with Gasteiger partial charge in [0.25, 0.3) is 0 Å². The Morgan fingerprint density at radius 1 is 1.25 bits per heavy atom. The fraction of sp³-hybridized carbons (Fsp3) is 0.917. The van der Waals surface area contributed by atoms with Crippen LogP contribution in [0.1, 0.15) is 46.5 Å². The first kappa shape index (κ1) is 11.7. The number of rotatable bonds is 0. The molecule has 0 aromatic carbocycles. The molecule has 3 atom stereocenters. The number of carbonyl (C=O) groups is 1. The summed E-state index contributed by atoms with van der Waals surface area (Å²) in [5.41, 5.74) is -0.459. The largest absolute Gasteiger partial charge is 0.444 e. The van der Waals surface area contributed by atoms with Gasteiger partial charge in [0.2, 0.25) is 0 Å². The van der Waals surface area contributed by atoms with Crippen molar-refractivity contribution < 1.29 is 14.6 Å². The van der Waals surface area contributed by atoms with E-state index in [2.05, 4.69) is 0 Å². The number of hydrogen-bond acceptors (Lipinski definition) is 3. The monoisotopic (exact) mass is 227 g/mol. The molecule has 0 aromatic rings. The van der Waals surface area contributed by atoms with Gasteiger partial charge in [-0.25, -0.2) is 4.79 Å². The molecule has 0 aliphatic carbocycles. The molecular formula is C12H21NO3. The van der Waals surface area contributed by atoms with Gasteiger partial charge in [0.15, 0.2) is 0 Å². The minimum atomic E-state index is -0.459. The lowest BCUT2D eigenvalue weighted by atomic mass is 10.0. The molecule has 92 valence electrons. The lowest BCUT2D eigenvalue weighted by molar-refractivity contribution is -0.0221. The highest BCUT2D eigenvalue weighted by molar-refractivity contribution is 5.69. The number of piperidine rings is 1. The van der Waals surface area contributed by atoms with Crippen LogP contribution in [0, 0.1) is 0 Å². The first-order valence-corrected chi connectivity index (χ1v) is 6.08. The summed E-state index contributed by atoms with van der Waals surface area (Å²) in [6.07, 6.45) is 2.99. The quantitative estimate of drug-likeness (QED) is 0.687. The molecule has 0 unspecified atom stereocenters. The molecule has 2 bridgehead atoms. The molecule has 2 aliphatic rings. The van der Waals surface area contributed by atoms with Gasteiger partial charge >= 0.3 is 6.09 Å². The van der Waals surface area contributed by atoms with E-state index < -0.39 is 5.60 Å². The summed E-state index contributed by atoms with van der Waals surface area (Å²) in [5, 5.41) is 9.86. The van der Waals surface area contributed by atoms with Crippen LogP contribution in [-0.2, 0) is 4.74 Å². The van der Waals surface area contributed by atoms with E-state index in [1.807, 2.05) is 20.8 Å². The van der Waals surface area contributed by atoms with Crippen LogP contribution in [0.25, 0.3) is 0 Å². The lowest BCUT2D eigenvalue weighted by Crippen LogP contribution is -2.51. The Labute approximate surface area is 96.6 Å². The van der Waals surface area contributed by atoms with Gasteiger partial charge in [0.05, 0.1) is 12.1 Å². The number of nitrogens with zero attached hydrogens (tertiary/aromatic N) is 1. The van der Waals surface area contributed by atoms with Crippen molar-refractivity contribution in [1.82, 2.24) is 4.90 Å². The van der Waals surface area contributed by atoms with E-state index in [1.165, 1.54) is 0 Å². The zero-order valence-corrected chi connectivity index (χ0v) is 10.3. The molecule has 0 spiro atoms. The maximum Gasteiger partial charge on any atom is 0.410 e. The molecule has 2 heterocycles. The molecule has 4 heteroatoms. The topological polar surface area (TPSA) is 49.8 Å². The lowest BCUT2D eigenvalue weighted by Gasteiger charge is -2.38. The number of hydrogen-bond donors (Lipinski definition) is 1. The predicted octanol–water partition coefficient (Wildman–Crippen LogP) is 1.91. The summed E-state index contributed by atoms with van der Waals surface area (Å²) in [6, 6.07) is 0.261. The molecule has 2 fully saturated rings. The third-order valence-electron chi connectivity index (χ3n) is 3.39. The Balaban J connectivity index is 2.07. The van der Waals surface area contributed by atoms with Crippen molar-refractivity contribution in [2.75, 3.05) is 0 Å². The van der Waals surface area contributed by atoms with Gasteiger partial charge in [0.1, 0.15) is 5.60 Å². The van der Waals surface area contributed by atoms with Gasteiger partial charge in [-0.3, -0.25) is 4.90 Å². The summed E-state index contributed by atoms with van der Waals surface area (Å²) in [5.74, 6) is 0. The minimum Gasteiger partial charge on any atom is -0.444 e.